The van der Waals surface area contributed by atoms with Crippen LogP contribution in [0.15, 0.2) is 70.8 Å². The molecule has 1 unspecified atom stereocenters. The maximum absolute atomic E-state index is 13.4. The van der Waals surface area contributed by atoms with Crippen molar-refractivity contribution in [2.24, 2.45) is 0 Å². The van der Waals surface area contributed by atoms with Gasteiger partial charge in [0.2, 0.25) is 5.95 Å². The molecule has 4 aromatic rings. The normalized spacial score (nSPS) is 15.7. The number of hydrogen-bond acceptors (Lipinski definition) is 5. The van der Waals surface area contributed by atoms with E-state index in [0.29, 0.717) is 17.4 Å². The van der Waals surface area contributed by atoms with Crippen LogP contribution in [0, 0.1) is 5.95 Å². The Morgan fingerprint density at radius 2 is 2.09 bits per heavy atom. The van der Waals surface area contributed by atoms with E-state index in [0.717, 1.165) is 35.1 Å². The number of rotatable bonds is 6. The lowest BCUT2D eigenvalue weighted by Crippen LogP contribution is -2.22. The number of pyridine rings is 1. The number of carbonyl (C=O) groups excluding carboxylic acids is 1. The van der Waals surface area contributed by atoms with Gasteiger partial charge in [0.25, 0.3) is 5.91 Å². The number of thiazole rings is 1. The number of halogens is 2. The Labute approximate surface area is 203 Å². The van der Waals surface area contributed by atoms with Crippen molar-refractivity contribution < 1.29 is 9.18 Å². The highest BCUT2D eigenvalue weighted by Crippen LogP contribution is 2.37. The number of benzene rings is 1. The van der Waals surface area contributed by atoms with Gasteiger partial charge >= 0.3 is 0 Å². The molecule has 1 N–H and O–H groups in total. The van der Waals surface area contributed by atoms with Crippen LogP contribution >= 0.6 is 27.3 Å². The first kappa shape index (κ1) is 21.8. The maximum atomic E-state index is 13.4. The Hall–Kier alpha value is -3.04. The summed E-state index contributed by atoms with van der Waals surface area (Å²) in [5.41, 5.74) is 3.36. The minimum Gasteiger partial charge on any atom is -0.363 e. The van der Waals surface area contributed by atoms with Crippen LogP contribution in [0.25, 0.3) is 0 Å². The first-order valence-electron chi connectivity index (χ1n) is 10.6. The number of hydrogen-bond donors (Lipinski definition) is 1. The third-order valence-electron chi connectivity index (χ3n) is 5.70. The predicted octanol–water partition coefficient (Wildman–Crippen LogP) is 5.88. The average molecular weight is 526 g/mol. The molecule has 1 saturated heterocycles. The van der Waals surface area contributed by atoms with Crippen molar-refractivity contribution in [3.05, 3.63) is 93.7 Å². The lowest BCUT2D eigenvalue weighted by molar-refractivity contribution is 0.101. The molecule has 9 heteroatoms. The molecular weight excluding hydrogens is 505 g/mol. The Kier molecular flexibility index (Phi) is 6.24. The summed E-state index contributed by atoms with van der Waals surface area (Å²) < 4.78 is 16.3. The quantitative estimate of drug-likeness (QED) is 0.319. The predicted molar refractivity (Wildman–Crippen MR) is 131 cm³/mol. The van der Waals surface area contributed by atoms with Gasteiger partial charge in [0, 0.05) is 41.0 Å². The van der Waals surface area contributed by atoms with Crippen LogP contribution in [0.5, 0.6) is 0 Å². The van der Waals surface area contributed by atoms with Crippen LogP contribution in [0.3, 0.4) is 0 Å². The monoisotopic (exact) mass is 525 g/mol. The molecule has 1 atom stereocenters. The second kappa shape index (κ2) is 9.44. The third kappa shape index (κ3) is 4.84. The summed E-state index contributed by atoms with van der Waals surface area (Å²) in [4.78, 5) is 23.6. The molecule has 4 heterocycles. The summed E-state index contributed by atoms with van der Waals surface area (Å²) >= 11 is 4.92. The highest BCUT2D eigenvalue weighted by atomic mass is 79.9. The molecule has 0 aliphatic carbocycles. The molecule has 3 aromatic heterocycles. The van der Waals surface area contributed by atoms with Crippen molar-refractivity contribution in [2.75, 3.05) is 16.8 Å². The number of nitrogens with zero attached hydrogens (tertiary/aromatic N) is 4. The zero-order chi connectivity index (χ0) is 22.8. The van der Waals surface area contributed by atoms with Crippen LogP contribution < -0.4 is 10.2 Å². The van der Waals surface area contributed by atoms with E-state index in [1.165, 1.54) is 29.3 Å². The summed E-state index contributed by atoms with van der Waals surface area (Å²) in [5, 5.41) is 5.52. The topological polar surface area (TPSA) is 63.1 Å². The fraction of sp³-hybridized carbons (Fsp3) is 0.208. The molecule has 0 saturated carbocycles. The van der Waals surface area contributed by atoms with Gasteiger partial charge in [-0.15, -0.1) is 11.3 Å². The van der Waals surface area contributed by atoms with Gasteiger partial charge in [-0.25, -0.2) is 9.97 Å². The smallest absolute Gasteiger partial charge is 0.274 e. The molecule has 33 heavy (non-hydrogen) atoms. The Morgan fingerprint density at radius 1 is 1.24 bits per heavy atom. The van der Waals surface area contributed by atoms with Crippen LogP contribution in [-0.2, 0) is 6.54 Å². The maximum Gasteiger partial charge on any atom is 0.274 e. The number of aromatic nitrogens is 3. The van der Waals surface area contributed by atoms with Gasteiger partial charge in [-0.05, 0) is 66.9 Å². The Morgan fingerprint density at radius 3 is 2.91 bits per heavy atom. The molecule has 5 rings (SSSR count). The van der Waals surface area contributed by atoms with Crippen LogP contribution in [0.4, 0.5) is 15.2 Å². The van der Waals surface area contributed by atoms with Crippen molar-refractivity contribution in [1.82, 2.24) is 14.5 Å². The van der Waals surface area contributed by atoms with E-state index in [-0.39, 0.29) is 11.9 Å². The molecule has 1 fully saturated rings. The van der Waals surface area contributed by atoms with E-state index in [4.69, 9.17) is 4.98 Å². The molecule has 0 spiro atoms. The van der Waals surface area contributed by atoms with Gasteiger partial charge in [0.05, 0.1) is 11.7 Å². The summed E-state index contributed by atoms with van der Waals surface area (Å²) in [6.07, 6.45) is 5.35. The largest absolute Gasteiger partial charge is 0.363 e. The Balaban J connectivity index is 1.29. The Bertz CT molecular complexity index is 1270. The molecule has 0 radical (unpaired) electrons. The van der Waals surface area contributed by atoms with Crippen LogP contribution in [0.1, 0.15) is 40.6 Å². The van der Waals surface area contributed by atoms with Crippen LogP contribution in [0.2, 0.25) is 0 Å². The van der Waals surface area contributed by atoms with E-state index in [9.17, 15) is 9.18 Å². The fourth-order valence-electron chi connectivity index (χ4n) is 4.17. The van der Waals surface area contributed by atoms with Gasteiger partial charge in [0.1, 0.15) is 5.69 Å². The van der Waals surface area contributed by atoms with Crippen molar-refractivity contribution in [3.8, 4) is 0 Å². The zero-order valence-corrected chi connectivity index (χ0v) is 20.0. The summed E-state index contributed by atoms with van der Waals surface area (Å²) in [6.45, 7) is 1.36. The van der Waals surface area contributed by atoms with Gasteiger partial charge in [0.15, 0.2) is 5.13 Å². The van der Waals surface area contributed by atoms with E-state index in [1.54, 1.807) is 29.0 Å². The molecular formula is C24H21BrFN5OS. The number of amides is 1. The van der Waals surface area contributed by atoms with E-state index >= 15 is 0 Å². The SMILES string of the molecule is O=C(Nc1nc(C2CCCN2c2ccc(Br)cc2)cs1)c1cccn1Cc1ccnc(F)c1. The standard InChI is InChI=1S/C24H21BrFN5OS/c25-17-5-7-18(8-6-17)31-12-2-3-20(31)19-15-33-24(28-19)29-23(32)21-4-1-11-30(21)14-16-9-10-27-22(26)13-16/h1,4-11,13,15,20H,2-3,12,14H2,(H,28,29,32). The molecule has 1 aliphatic rings. The van der Waals surface area contributed by atoms with E-state index < -0.39 is 5.95 Å². The first-order valence-corrected chi connectivity index (χ1v) is 12.3. The van der Waals surface area contributed by atoms with Crippen molar-refractivity contribution in [2.45, 2.75) is 25.4 Å². The summed E-state index contributed by atoms with van der Waals surface area (Å²) in [6, 6.07) is 15.2. The third-order valence-corrected chi connectivity index (χ3v) is 7.01. The zero-order valence-electron chi connectivity index (χ0n) is 17.6. The molecule has 1 aromatic carbocycles. The molecule has 1 amide bonds. The lowest BCUT2D eigenvalue weighted by Gasteiger charge is -2.25. The minimum absolute atomic E-state index is 0.193. The van der Waals surface area contributed by atoms with E-state index in [1.807, 2.05) is 17.5 Å². The minimum atomic E-state index is -0.537. The van der Waals surface area contributed by atoms with E-state index in [2.05, 4.69) is 43.3 Å². The molecule has 0 bridgehead atoms. The number of carbonyl (C=O) groups is 1. The van der Waals surface area contributed by atoms with Crippen molar-refractivity contribution in [1.29, 1.82) is 0 Å². The molecule has 1 aliphatic heterocycles. The van der Waals surface area contributed by atoms with Gasteiger partial charge in [-0.1, -0.05) is 15.9 Å². The van der Waals surface area contributed by atoms with Crippen LogP contribution in [-0.4, -0.2) is 27.0 Å². The highest BCUT2D eigenvalue weighted by Gasteiger charge is 2.28. The molecule has 6 nitrogen and oxygen atoms in total. The average Bonchev–Trinajstić information content (AvgIpc) is 3.55. The number of nitrogens with one attached hydrogen (secondary N) is 1. The number of anilines is 2. The van der Waals surface area contributed by atoms with Crippen molar-refractivity contribution in [3.63, 3.8) is 0 Å². The molecule has 168 valence electrons. The fourth-order valence-corrected chi connectivity index (χ4v) is 5.19. The van der Waals surface area contributed by atoms with Crippen molar-refractivity contribution >= 4 is 44.0 Å². The van der Waals surface area contributed by atoms with Gasteiger partial charge in [-0.3, -0.25) is 10.1 Å². The first-order chi connectivity index (χ1) is 16.1. The highest BCUT2D eigenvalue weighted by molar-refractivity contribution is 9.10. The summed E-state index contributed by atoms with van der Waals surface area (Å²) in [7, 11) is 0. The van der Waals surface area contributed by atoms with Gasteiger partial charge in [-0.2, -0.15) is 4.39 Å². The van der Waals surface area contributed by atoms with Gasteiger partial charge < -0.3 is 9.47 Å². The second-order valence-electron chi connectivity index (χ2n) is 7.87. The lowest BCUT2D eigenvalue weighted by atomic mass is 10.1. The summed E-state index contributed by atoms with van der Waals surface area (Å²) in [5.74, 6) is -0.781. The second-order valence-corrected chi connectivity index (χ2v) is 9.64.